The lowest BCUT2D eigenvalue weighted by Gasteiger charge is -2.14. The van der Waals surface area contributed by atoms with Crippen molar-refractivity contribution >= 4 is 29.0 Å². The highest BCUT2D eigenvalue weighted by Gasteiger charge is 2.22. The van der Waals surface area contributed by atoms with Gasteiger partial charge in [0.2, 0.25) is 5.91 Å². The first kappa shape index (κ1) is 21.9. The molecule has 1 saturated heterocycles. The van der Waals surface area contributed by atoms with E-state index in [4.69, 9.17) is 4.74 Å². The largest absolute Gasteiger partial charge is 0.376 e. The summed E-state index contributed by atoms with van der Waals surface area (Å²) in [6, 6.07) is 8.11. The molecule has 0 aliphatic carbocycles. The average Bonchev–Trinajstić information content (AvgIpc) is 3.45. The van der Waals surface area contributed by atoms with Crippen LogP contribution in [0.4, 0.5) is 11.4 Å². The average molecular weight is 455 g/mol. The number of anilines is 1. The van der Waals surface area contributed by atoms with Gasteiger partial charge in [-0.3, -0.25) is 24.5 Å². The van der Waals surface area contributed by atoms with Gasteiger partial charge in [0.1, 0.15) is 0 Å². The van der Waals surface area contributed by atoms with Crippen LogP contribution < -0.4 is 5.32 Å². The van der Waals surface area contributed by atoms with Gasteiger partial charge in [0.05, 0.1) is 29.0 Å². The van der Waals surface area contributed by atoms with Gasteiger partial charge in [-0.05, 0) is 37.5 Å². The van der Waals surface area contributed by atoms with Crippen LogP contribution in [-0.2, 0) is 16.1 Å². The number of hydrogen-bond acceptors (Lipinski definition) is 8. The second kappa shape index (κ2) is 9.88. The van der Waals surface area contributed by atoms with Gasteiger partial charge < -0.3 is 10.1 Å². The number of nitrogens with zero attached hydrogens (tertiary/aromatic N) is 5. The second-order valence-electron chi connectivity index (χ2n) is 7.38. The van der Waals surface area contributed by atoms with E-state index >= 15 is 0 Å². The molecule has 1 N–H and O–H groups in total. The van der Waals surface area contributed by atoms with E-state index in [1.807, 2.05) is 16.7 Å². The SMILES string of the molecule is Cc1ccc([N+](=O)[O-])cc1NC(=O)CSc1nnc(-c2ccncc2)n1CC1CCCO1. The Balaban J connectivity index is 1.49. The highest BCUT2D eigenvalue weighted by molar-refractivity contribution is 7.99. The van der Waals surface area contributed by atoms with Crippen molar-refractivity contribution in [2.24, 2.45) is 0 Å². The number of nitro groups is 1. The number of ether oxygens (including phenoxy) is 1. The van der Waals surface area contributed by atoms with Crippen LogP contribution in [-0.4, -0.2) is 49.0 Å². The molecule has 10 nitrogen and oxygen atoms in total. The van der Waals surface area contributed by atoms with Gasteiger partial charge in [-0.15, -0.1) is 10.2 Å². The fourth-order valence-corrected chi connectivity index (χ4v) is 4.19. The van der Waals surface area contributed by atoms with Gasteiger partial charge in [-0.1, -0.05) is 17.8 Å². The van der Waals surface area contributed by atoms with E-state index in [2.05, 4.69) is 20.5 Å². The van der Waals surface area contributed by atoms with E-state index < -0.39 is 4.92 Å². The summed E-state index contributed by atoms with van der Waals surface area (Å²) >= 11 is 1.26. The molecule has 166 valence electrons. The molecule has 3 heterocycles. The molecule has 0 bridgehead atoms. The molecule has 1 aliphatic heterocycles. The van der Waals surface area contributed by atoms with Crippen molar-refractivity contribution in [1.29, 1.82) is 0 Å². The van der Waals surface area contributed by atoms with Crippen molar-refractivity contribution in [3.8, 4) is 11.4 Å². The predicted octanol–water partition coefficient (Wildman–Crippen LogP) is 3.47. The molecule has 1 atom stereocenters. The minimum absolute atomic E-state index is 0.0724. The first-order valence-corrected chi connectivity index (χ1v) is 11.1. The van der Waals surface area contributed by atoms with Crippen LogP contribution in [0.5, 0.6) is 0 Å². The Kier molecular flexibility index (Phi) is 6.76. The second-order valence-corrected chi connectivity index (χ2v) is 8.32. The quantitative estimate of drug-likeness (QED) is 0.312. The summed E-state index contributed by atoms with van der Waals surface area (Å²) in [7, 11) is 0. The van der Waals surface area contributed by atoms with Crippen LogP contribution >= 0.6 is 11.8 Å². The number of carbonyl (C=O) groups excluding carboxylic acids is 1. The third-order valence-electron chi connectivity index (χ3n) is 5.10. The Hall–Kier alpha value is -3.31. The minimum atomic E-state index is -0.488. The third kappa shape index (κ3) is 5.11. The predicted molar refractivity (Wildman–Crippen MR) is 119 cm³/mol. The van der Waals surface area contributed by atoms with E-state index in [1.54, 1.807) is 25.4 Å². The number of nitro benzene ring substituents is 1. The fourth-order valence-electron chi connectivity index (χ4n) is 3.44. The van der Waals surface area contributed by atoms with Crippen molar-refractivity contribution in [3.05, 3.63) is 58.4 Å². The normalized spacial score (nSPS) is 15.6. The number of rotatable bonds is 8. The van der Waals surface area contributed by atoms with Crippen LogP contribution in [0.3, 0.4) is 0 Å². The number of thioether (sulfide) groups is 1. The summed E-state index contributed by atoms with van der Waals surface area (Å²) in [4.78, 5) is 27.1. The number of pyridine rings is 1. The van der Waals surface area contributed by atoms with Gasteiger partial charge >= 0.3 is 0 Å². The Bertz CT molecular complexity index is 1110. The van der Waals surface area contributed by atoms with Crippen molar-refractivity contribution in [2.75, 3.05) is 17.7 Å². The van der Waals surface area contributed by atoms with E-state index in [1.165, 1.54) is 23.9 Å². The zero-order chi connectivity index (χ0) is 22.5. The lowest BCUT2D eigenvalue weighted by Crippen LogP contribution is -2.18. The van der Waals surface area contributed by atoms with Gasteiger partial charge in [-0.2, -0.15) is 0 Å². The van der Waals surface area contributed by atoms with Crippen LogP contribution in [0, 0.1) is 17.0 Å². The van der Waals surface area contributed by atoms with E-state index in [0.29, 0.717) is 23.2 Å². The van der Waals surface area contributed by atoms with E-state index in [0.717, 1.165) is 30.6 Å². The summed E-state index contributed by atoms with van der Waals surface area (Å²) in [6.07, 6.45) is 5.45. The zero-order valence-electron chi connectivity index (χ0n) is 17.4. The molecule has 0 radical (unpaired) electrons. The van der Waals surface area contributed by atoms with Crippen molar-refractivity contribution in [2.45, 2.75) is 37.6 Å². The third-order valence-corrected chi connectivity index (χ3v) is 6.07. The van der Waals surface area contributed by atoms with Crippen molar-refractivity contribution < 1.29 is 14.5 Å². The summed E-state index contributed by atoms with van der Waals surface area (Å²) in [5.41, 5.74) is 1.98. The number of carbonyl (C=O) groups is 1. The molecule has 4 rings (SSSR count). The van der Waals surface area contributed by atoms with E-state index in [9.17, 15) is 14.9 Å². The fraction of sp³-hybridized carbons (Fsp3) is 0.333. The first-order chi connectivity index (χ1) is 15.5. The molecule has 0 saturated carbocycles. The molecule has 2 aromatic heterocycles. The topological polar surface area (TPSA) is 125 Å². The number of nitrogens with one attached hydrogen (secondary N) is 1. The zero-order valence-corrected chi connectivity index (χ0v) is 18.2. The molecule has 32 heavy (non-hydrogen) atoms. The number of hydrogen-bond donors (Lipinski definition) is 1. The van der Waals surface area contributed by atoms with Gasteiger partial charge in [0.15, 0.2) is 11.0 Å². The number of aromatic nitrogens is 4. The molecular weight excluding hydrogens is 432 g/mol. The summed E-state index contributed by atoms with van der Waals surface area (Å²) < 4.78 is 7.76. The molecule has 0 spiro atoms. The maximum Gasteiger partial charge on any atom is 0.271 e. The lowest BCUT2D eigenvalue weighted by atomic mass is 10.2. The lowest BCUT2D eigenvalue weighted by molar-refractivity contribution is -0.384. The molecule has 1 aromatic carbocycles. The monoisotopic (exact) mass is 454 g/mol. The molecule has 1 amide bonds. The number of benzene rings is 1. The van der Waals surface area contributed by atoms with Gasteiger partial charge in [-0.25, -0.2) is 0 Å². The maximum absolute atomic E-state index is 12.6. The van der Waals surface area contributed by atoms with Gasteiger partial charge in [0, 0.05) is 36.7 Å². The van der Waals surface area contributed by atoms with Crippen molar-refractivity contribution in [3.63, 3.8) is 0 Å². The van der Waals surface area contributed by atoms with Crippen molar-refractivity contribution in [1.82, 2.24) is 19.7 Å². The first-order valence-electron chi connectivity index (χ1n) is 10.1. The molecule has 1 unspecified atom stereocenters. The number of amides is 1. The molecule has 1 fully saturated rings. The van der Waals surface area contributed by atoms with Crippen LogP contribution in [0.15, 0.2) is 47.9 Å². The van der Waals surface area contributed by atoms with Crippen LogP contribution in [0.25, 0.3) is 11.4 Å². The number of aryl methyl sites for hydroxylation is 1. The summed E-state index contributed by atoms with van der Waals surface area (Å²) in [5, 5.41) is 23.0. The summed E-state index contributed by atoms with van der Waals surface area (Å²) in [6.45, 7) is 3.12. The Labute approximate surface area is 188 Å². The molecule has 3 aromatic rings. The highest BCUT2D eigenvalue weighted by atomic mass is 32.2. The Morgan fingerprint density at radius 2 is 2.12 bits per heavy atom. The van der Waals surface area contributed by atoms with Gasteiger partial charge in [0.25, 0.3) is 5.69 Å². The van der Waals surface area contributed by atoms with Crippen LogP contribution in [0.2, 0.25) is 0 Å². The van der Waals surface area contributed by atoms with E-state index in [-0.39, 0.29) is 23.5 Å². The maximum atomic E-state index is 12.6. The molecule has 1 aliphatic rings. The van der Waals surface area contributed by atoms with Crippen LogP contribution in [0.1, 0.15) is 18.4 Å². The molecule has 11 heteroatoms. The Morgan fingerprint density at radius 1 is 1.31 bits per heavy atom. The highest BCUT2D eigenvalue weighted by Crippen LogP contribution is 2.27. The standard InChI is InChI=1S/C21H22N6O4S/c1-14-4-5-16(27(29)30)11-18(14)23-19(28)13-32-21-25-24-20(15-6-8-22-9-7-15)26(21)12-17-3-2-10-31-17/h4-9,11,17H,2-3,10,12-13H2,1H3,(H,23,28). The summed E-state index contributed by atoms with van der Waals surface area (Å²) in [5.74, 6) is 0.498. The smallest absolute Gasteiger partial charge is 0.271 e. The molecular formula is C21H22N6O4S. The Morgan fingerprint density at radius 3 is 2.84 bits per heavy atom. The number of non-ortho nitro benzene ring substituents is 1. The minimum Gasteiger partial charge on any atom is -0.376 e.